The third-order valence-electron chi connectivity index (χ3n) is 6.80. The fourth-order valence-corrected chi connectivity index (χ4v) is 6.27. The van der Waals surface area contributed by atoms with Crippen molar-refractivity contribution in [2.75, 3.05) is 18.4 Å². The van der Waals surface area contributed by atoms with E-state index in [1.165, 1.54) is 4.31 Å². The number of anilines is 1. The molecule has 2 aliphatic heterocycles. The highest BCUT2D eigenvalue weighted by molar-refractivity contribution is 7.89. The van der Waals surface area contributed by atoms with E-state index < -0.39 is 10.0 Å². The van der Waals surface area contributed by atoms with E-state index in [-0.39, 0.29) is 28.7 Å². The number of fused-ring (bicyclic) bond motifs is 1. The number of carbonyl (C=O) groups excluding carboxylic acids is 2. The average molecular weight is 434 g/mol. The van der Waals surface area contributed by atoms with Crippen LogP contribution in [0.1, 0.15) is 57.4 Å². The number of hydrogen-bond donors (Lipinski definition) is 2. The molecule has 1 aromatic carbocycles. The zero-order valence-electron chi connectivity index (χ0n) is 17.5. The van der Waals surface area contributed by atoms with E-state index in [4.69, 9.17) is 0 Å². The highest BCUT2D eigenvalue weighted by Gasteiger charge is 2.33. The van der Waals surface area contributed by atoms with Gasteiger partial charge in [0.15, 0.2) is 0 Å². The number of nitrogens with zero attached hydrogens (tertiary/aromatic N) is 1. The normalized spacial score (nSPS) is 26.0. The third-order valence-corrected chi connectivity index (χ3v) is 8.69. The molecule has 3 aliphatic rings. The molecule has 2 N–H and O–H groups in total. The molecule has 0 aromatic heterocycles. The van der Waals surface area contributed by atoms with Crippen molar-refractivity contribution in [1.29, 1.82) is 0 Å². The predicted molar refractivity (Wildman–Crippen MR) is 114 cm³/mol. The lowest BCUT2D eigenvalue weighted by Crippen LogP contribution is -2.46. The van der Waals surface area contributed by atoms with Gasteiger partial charge >= 0.3 is 0 Å². The van der Waals surface area contributed by atoms with Crippen LogP contribution in [0, 0.1) is 11.8 Å². The number of sulfonamides is 1. The van der Waals surface area contributed by atoms with Crippen LogP contribution in [0.15, 0.2) is 23.1 Å². The molecule has 1 saturated heterocycles. The summed E-state index contributed by atoms with van der Waals surface area (Å²) >= 11 is 0. The van der Waals surface area contributed by atoms with Gasteiger partial charge in [-0.25, -0.2) is 8.42 Å². The minimum absolute atomic E-state index is 0.0406. The van der Waals surface area contributed by atoms with Gasteiger partial charge in [0.2, 0.25) is 21.8 Å². The quantitative estimate of drug-likeness (QED) is 0.763. The summed E-state index contributed by atoms with van der Waals surface area (Å²) in [7, 11) is -3.60. The minimum atomic E-state index is -3.60. The van der Waals surface area contributed by atoms with E-state index in [0.717, 1.165) is 37.2 Å². The summed E-state index contributed by atoms with van der Waals surface area (Å²) in [6, 6.07) is 5.17. The molecule has 1 saturated carbocycles. The zero-order chi connectivity index (χ0) is 21.3. The number of rotatable bonds is 4. The van der Waals surface area contributed by atoms with Gasteiger partial charge in [-0.2, -0.15) is 4.31 Å². The van der Waals surface area contributed by atoms with Gasteiger partial charge < -0.3 is 10.6 Å². The molecule has 0 radical (unpaired) electrons. The molecule has 0 spiro atoms. The maximum atomic E-state index is 13.1. The van der Waals surface area contributed by atoms with Gasteiger partial charge in [0.05, 0.1) is 4.90 Å². The van der Waals surface area contributed by atoms with Crippen LogP contribution in [-0.2, 0) is 26.0 Å². The Balaban J connectivity index is 1.35. The largest absolute Gasteiger partial charge is 0.353 e. The average Bonchev–Trinajstić information content (AvgIpc) is 2.75. The molecule has 0 unspecified atom stereocenters. The number of piperidine rings is 1. The maximum Gasteiger partial charge on any atom is 0.243 e. The summed E-state index contributed by atoms with van der Waals surface area (Å²) in [5, 5.41) is 5.97. The van der Waals surface area contributed by atoms with E-state index in [9.17, 15) is 18.0 Å². The molecule has 1 aromatic rings. The van der Waals surface area contributed by atoms with Crippen molar-refractivity contribution in [3.63, 3.8) is 0 Å². The van der Waals surface area contributed by atoms with E-state index in [0.29, 0.717) is 44.5 Å². The lowest BCUT2D eigenvalue weighted by molar-refractivity contribution is -0.127. The Kier molecular flexibility index (Phi) is 6.16. The standard InChI is InChI=1S/C22H31N3O4S/c1-15-2-5-18(6-3-15)23-22(27)16-10-12-25(13-11-16)30(28,29)19-7-8-20-17(14-19)4-9-21(26)24-20/h7-8,14-16,18H,2-6,9-13H2,1H3,(H,23,27)(H,24,26). The van der Waals surface area contributed by atoms with Crippen molar-refractivity contribution in [2.45, 2.75) is 69.2 Å². The number of nitrogens with one attached hydrogen (secondary N) is 2. The second-order valence-corrected chi connectivity index (χ2v) is 10.9. The highest BCUT2D eigenvalue weighted by atomic mass is 32.2. The number of benzene rings is 1. The molecule has 7 nitrogen and oxygen atoms in total. The number of hydrogen-bond acceptors (Lipinski definition) is 4. The number of carbonyl (C=O) groups is 2. The molecular formula is C22H31N3O4S. The Morgan fingerprint density at radius 3 is 2.47 bits per heavy atom. The van der Waals surface area contributed by atoms with Gasteiger partial charge in [-0.1, -0.05) is 6.92 Å². The van der Waals surface area contributed by atoms with Gasteiger partial charge in [-0.3, -0.25) is 9.59 Å². The van der Waals surface area contributed by atoms with E-state index in [1.807, 2.05) is 0 Å². The molecule has 2 amide bonds. The Morgan fingerprint density at radius 2 is 1.77 bits per heavy atom. The zero-order valence-corrected chi connectivity index (χ0v) is 18.3. The topological polar surface area (TPSA) is 95.6 Å². The minimum Gasteiger partial charge on any atom is -0.353 e. The van der Waals surface area contributed by atoms with E-state index >= 15 is 0 Å². The van der Waals surface area contributed by atoms with Crippen molar-refractivity contribution in [3.8, 4) is 0 Å². The van der Waals surface area contributed by atoms with Crippen LogP contribution in [0.4, 0.5) is 5.69 Å². The molecule has 0 atom stereocenters. The van der Waals surface area contributed by atoms with E-state index in [1.54, 1.807) is 18.2 Å². The van der Waals surface area contributed by atoms with Gasteiger partial charge in [0.25, 0.3) is 0 Å². The SMILES string of the molecule is CC1CCC(NC(=O)C2CCN(S(=O)(=O)c3ccc4c(c3)CCC(=O)N4)CC2)CC1. The summed E-state index contributed by atoms with van der Waals surface area (Å²) in [5.41, 5.74) is 1.55. The smallest absolute Gasteiger partial charge is 0.243 e. The van der Waals surface area contributed by atoms with Gasteiger partial charge in [0.1, 0.15) is 0 Å². The second kappa shape index (κ2) is 8.67. The molecule has 30 heavy (non-hydrogen) atoms. The molecule has 164 valence electrons. The summed E-state index contributed by atoms with van der Waals surface area (Å²) in [6.45, 7) is 2.97. The highest BCUT2D eigenvalue weighted by Crippen LogP contribution is 2.30. The van der Waals surface area contributed by atoms with Crippen LogP contribution in [-0.4, -0.2) is 43.7 Å². The maximum absolute atomic E-state index is 13.1. The summed E-state index contributed by atoms with van der Waals surface area (Å²) in [6.07, 6.45) is 6.42. The van der Waals surface area contributed by atoms with Crippen LogP contribution in [0.2, 0.25) is 0 Å². The molecular weight excluding hydrogens is 402 g/mol. The van der Waals surface area contributed by atoms with Crippen LogP contribution in [0.3, 0.4) is 0 Å². The van der Waals surface area contributed by atoms with Gasteiger partial charge in [0, 0.05) is 37.2 Å². The van der Waals surface area contributed by atoms with Crippen molar-refractivity contribution in [1.82, 2.24) is 9.62 Å². The van der Waals surface area contributed by atoms with Crippen LogP contribution < -0.4 is 10.6 Å². The van der Waals surface area contributed by atoms with Crippen molar-refractivity contribution < 1.29 is 18.0 Å². The first-order chi connectivity index (χ1) is 14.3. The Bertz CT molecular complexity index is 914. The Hall–Kier alpha value is -1.93. The lowest BCUT2D eigenvalue weighted by Gasteiger charge is -2.33. The second-order valence-electron chi connectivity index (χ2n) is 9.01. The summed E-state index contributed by atoms with van der Waals surface area (Å²) < 4.78 is 27.7. The van der Waals surface area contributed by atoms with Gasteiger partial charge in [-0.15, -0.1) is 0 Å². The molecule has 2 fully saturated rings. The fourth-order valence-electron chi connectivity index (χ4n) is 4.75. The van der Waals surface area contributed by atoms with Crippen molar-refractivity contribution in [2.24, 2.45) is 11.8 Å². The first kappa shape index (κ1) is 21.3. The van der Waals surface area contributed by atoms with Crippen LogP contribution in [0.25, 0.3) is 0 Å². The van der Waals surface area contributed by atoms with Gasteiger partial charge in [-0.05, 0) is 74.6 Å². The first-order valence-electron chi connectivity index (χ1n) is 11.1. The summed E-state index contributed by atoms with van der Waals surface area (Å²) in [5.74, 6) is 0.665. The number of aryl methyl sites for hydroxylation is 1. The van der Waals surface area contributed by atoms with Crippen LogP contribution in [0.5, 0.6) is 0 Å². The molecule has 1 aliphatic carbocycles. The Labute approximate surface area is 178 Å². The van der Waals surface area contributed by atoms with E-state index in [2.05, 4.69) is 17.6 Å². The van der Waals surface area contributed by atoms with Crippen molar-refractivity contribution >= 4 is 27.5 Å². The first-order valence-corrected chi connectivity index (χ1v) is 12.5. The molecule has 0 bridgehead atoms. The molecule has 8 heteroatoms. The Morgan fingerprint density at radius 1 is 1.07 bits per heavy atom. The van der Waals surface area contributed by atoms with Crippen molar-refractivity contribution in [3.05, 3.63) is 23.8 Å². The predicted octanol–water partition coefficient (Wildman–Crippen LogP) is 2.67. The lowest BCUT2D eigenvalue weighted by atomic mass is 9.87. The number of amides is 2. The molecule has 2 heterocycles. The third kappa shape index (κ3) is 4.54. The molecule has 4 rings (SSSR count). The fraction of sp³-hybridized carbons (Fsp3) is 0.636. The summed E-state index contributed by atoms with van der Waals surface area (Å²) in [4.78, 5) is 24.4. The monoisotopic (exact) mass is 433 g/mol. The van der Waals surface area contributed by atoms with Crippen LogP contribution >= 0.6 is 0 Å².